The molecule has 0 fully saturated rings. The molecule has 0 aromatic rings. The molecule has 0 amide bonds. The molecule has 0 spiro atoms. The molecular formula is C16H33O6P. The van der Waals surface area contributed by atoms with Gasteiger partial charge in [-0.15, -0.1) is 0 Å². The Hall–Kier alpha value is -0.680. The lowest BCUT2D eigenvalue weighted by Gasteiger charge is -2.04. The predicted molar refractivity (Wildman–Crippen MR) is 92.1 cm³/mol. The van der Waals surface area contributed by atoms with Crippen molar-refractivity contribution in [1.29, 1.82) is 0 Å². The van der Waals surface area contributed by atoms with Gasteiger partial charge in [-0.25, -0.2) is 9.36 Å². The number of ether oxygens (including phenoxy) is 1. The maximum Gasteiger partial charge on any atom is 0.469 e. The molecular weight excluding hydrogens is 319 g/mol. The predicted octanol–water partition coefficient (Wildman–Crippen LogP) is 4.36. The molecule has 7 heteroatoms. The SMILES string of the molecule is C=C(C)C(=O)OCCCCCCCCCC.CCOP(=O)(O)O. The van der Waals surface area contributed by atoms with E-state index in [0.717, 1.165) is 12.8 Å². The maximum absolute atomic E-state index is 11.0. The second kappa shape index (κ2) is 16.2. The van der Waals surface area contributed by atoms with Gasteiger partial charge in [-0.1, -0.05) is 58.4 Å². The van der Waals surface area contributed by atoms with Crippen molar-refractivity contribution in [1.82, 2.24) is 0 Å². The Morgan fingerprint density at radius 3 is 1.83 bits per heavy atom. The Labute approximate surface area is 140 Å². The Morgan fingerprint density at radius 2 is 1.48 bits per heavy atom. The first-order valence-electron chi connectivity index (χ1n) is 8.27. The Morgan fingerprint density at radius 1 is 1.00 bits per heavy atom. The Bertz CT molecular complexity index is 350. The first kappa shape index (κ1) is 24.6. The van der Waals surface area contributed by atoms with E-state index in [4.69, 9.17) is 14.5 Å². The van der Waals surface area contributed by atoms with Crippen molar-refractivity contribution >= 4 is 13.8 Å². The van der Waals surface area contributed by atoms with Crippen molar-refractivity contribution < 1.29 is 28.4 Å². The van der Waals surface area contributed by atoms with Gasteiger partial charge >= 0.3 is 13.8 Å². The van der Waals surface area contributed by atoms with Crippen LogP contribution < -0.4 is 0 Å². The van der Waals surface area contributed by atoms with Crippen molar-refractivity contribution in [3.63, 3.8) is 0 Å². The van der Waals surface area contributed by atoms with Crippen molar-refractivity contribution in [2.24, 2.45) is 0 Å². The number of hydrogen-bond donors (Lipinski definition) is 2. The van der Waals surface area contributed by atoms with Gasteiger partial charge in [0, 0.05) is 5.57 Å². The monoisotopic (exact) mass is 352 g/mol. The Balaban J connectivity index is 0. The number of carbonyl (C=O) groups is 1. The van der Waals surface area contributed by atoms with Crippen LogP contribution in [-0.4, -0.2) is 29.0 Å². The summed E-state index contributed by atoms with van der Waals surface area (Å²) in [5.41, 5.74) is 0.486. The second-order valence-electron chi connectivity index (χ2n) is 5.30. The first-order valence-corrected chi connectivity index (χ1v) is 9.80. The van der Waals surface area contributed by atoms with E-state index in [-0.39, 0.29) is 12.6 Å². The molecule has 0 aliphatic carbocycles. The minimum Gasteiger partial charge on any atom is -0.462 e. The highest BCUT2D eigenvalue weighted by atomic mass is 31.2. The lowest BCUT2D eigenvalue weighted by molar-refractivity contribution is -0.139. The lowest BCUT2D eigenvalue weighted by atomic mass is 10.1. The second-order valence-corrected chi connectivity index (χ2v) is 6.54. The van der Waals surface area contributed by atoms with E-state index >= 15 is 0 Å². The average molecular weight is 352 g/mol. The smallest absolute Gasteiger partial charge is 0.462 e. The molecule has 0 unspecified atom stereocenters. The molecule has 0 aliphatic rings. The van der Waals surface area contributed by atoms with Crippen LogP contribution in [0.15, 0.2) is 12.2 Å². The molecule has 0 radical (unpaired) electrons. The molecule has 0 saturated carbocycles. The van der Waals surface area contributed by atoms with Crippen LogP contribution in [0.3, 0.4) is 0 Å². The molecule has 0 bridgehead atoms. The minimum absolute atomic E-state index is 0.0459. The Kier molecular flexibility index (Phi) is 17.3. The van der Waals surface area contributed by atoms with Crippen LogP contribution in [0.2, 0.25) is 0 Å². The summed E-state index contributed by atoms with van der Waals surface area (Å²) < 4.78 is 18.6. The fourth-order valence-electron chi connectivity index (χ4n) is 1.69. The summed E-state index contributed by atoms with van der Waals surface area (Å²) in [4.78, 5) is 26.8. The van der Waals surface area contributed by atoms with E-state index in [9.17, 15) is 9.36 Å². The van der Waals surface area contributed by atoms with Crippen molar-refractivity contribution in [3.05, 3.63) is 12.2 Å². The van der Waals surface area contributed by atoms with Crippen LogP contribution in [0.25, 0.3) is 0 Å². The van der Waals surface area contributed by atoms with Gasteiger partial charge in [0.2, 0.25) is 0 Å². The molecule has 23 heavy (non-hydrogen) atoms. The van der Waals surface area contributed by atoms with E-state index in [0.29, 0.717) is 12.2 Å². The zero-order valence-electron chi connectivity index (χ0n) is 14.8. The number of unbranched alkanes of at least 4 members (excludes halogenated alkanes) is 7. The maximum atomic E-state index is 11.0. The van der Waals surface area contributed by atoms with Gasteiger partial charge in [-0.05, 0) is 20.3 Å². The number of phosphoric ester groups is 1. The molecule has 0 heterocycles. The third-order valence-corrected chi connectivity index (χ3v) is 3.47. The topological polar surface area (TPSA) is 93.1 Å². The molecule has 2 N–H and O–H groups in total. The first-order chi connectivity index (χ1) is 10.7. The zero-order valence-corrected chi connectivity index (χ0v) is 15.6. The normalized spacial score (nSPS) is 10.7. The van der Waals surface area contributed by atoms with E-state index in [2.05, 4.69) is 18.0 Å². The van der Waals surface area contributed by atoms with Gasteiger partial charge in [-0.2, -0.15) is 0 Å². The molecule has 0 saturated heterocycles. The summed E-state index contributed by atoms with van der Waals surface area (Å²) >= 11 is 0. The van der Waals surface area contributed by atoms with E-state index in [1.807, 2.05) is 0 Å². The number of carbonyl (C=O) groups excluding carboxylic acids is 1. The van der Waals surface area contributed by atoms with Crippen molar-refractivity contribution in [2.45, 2.75) is 72.1 Å². The van der Waals surface area contributed by atoms with Gasteiger partial charge in [-0.3, -0.25) is 4.52 Å². The fourth-order valence-corrected chi connectivity index (χ4v) is 2.03. The summed E-state index contributed by atoms with van der Waals surface area (Å²) in [5, 5.41) is 0. The molecule has 0 aromatic carbocycles. The molecule has 138 valence electrons. The number of rotatable bonds is 12. The van der Waals surface area contributed by atoms with Crippen molar-refractivity contribution in [3.8, 4) is 0 Å². The fraction of sp³-hybridized carbons (Fsp3) is 0.812. The van der Waals surface area contributed by atoms with Crippen LogP contribution in [0.5, 0.6) is 0 Å². The largest absolute Gasteiger partial charge is 0.469 e. The van der Waals surface area contributed by atoms with E-state index < -0.39 is 7.82 Å². The van der Waals surface area contributed by atoms with Crippen LogP contribution >= 0.6 is 7.82 Å². The van der Waals surface area contributed by atoms with E-state index in [1.54, 1.807) is 6.92 Å². The minimum atomic E-state index is -4.17. The average Bonchev–Trinajstić information content (AvgIpc) is 2.44. The summed E-state index contributed by atoms with van der Waals surface area (Å²) in [5.74, 6) is -0.261. The van der Waals surface area contributed by atoms with Gasteiger partial charge in [0.05, 0.1) is 13.2 Å². The van der Waals surface area contributed by atoms with E-state index in [1.165, 1.54) is 45.4 Å². The van der Waals surface area contributed by atoms with Crippen LogP contribution in [0.1, 0.15) is 72.1 Å². The number of esters is 1. The van der Waals surface area contributed by atoms with Crippen LogP contribution in [0, 0.1) is 0 Å². The molecule has 0 aromatic heterocycles. The zero-order chi connectivity index (χ0) is 18.1. The summed E-state index contributed by atoms with van der Waals surface area (Å²) in [6, 6.07) is 0. The van der Waals surface area contributed by atoms with Gasteiger partial charge in [0.15, 0.2) is 0 Å². The summed E-state index contributed by atoms with van der Waals surface area (Å²) in [6.07, 6.45) is 10.1. The van der Waals surface area contributed by atoms with Gasteiger partial charge in [0.25, 0.3) is 0 Å². The quantitative estimate of drug-likeness (QED) is 0.235. The number of hydrogen-bond acceptors (Lipinski definition) is 4. The van der Waals surface area contributed by atoms with Gasteiger partial charge < -0.3 is 14.5 Å². The third kappa shape index (κ3) is 23.7. The highest BCUT2D eigenvalue weighted by Gasteiger charge is 2.10. The summed E-state index contributed by atoms with van der Waals surface area (Å²) in [6.45, 7) is 9.55. The molecule has 0 rings (SSSR count). The third-order valence-electron chi connectivity index (χ3n) is 2.88. The highest BCUT2D eigenvalue weighted by molar-refractivity contribution is 7.46. The molecule has 0 atom stereocenters. The van der Waals surface area contributed by atoms with Crippen LogP contribution in [-0.2, 0) is 18.6 Å². The van der Waals surface area contributed by atoms with Crippen LogP contribution in [0.4, 0.5) is 0 Å². The highest BCUT2D eigenvalue weighted by Crippen LogP contribution is 2.34. The van der Waals surface area contributed by atoms with Crippen molar-refractivity contribution in [2.75, 3.05) is 13.2 Å². The lowest BCUT2D eigenvalue weighted by Crippen LogP contribution is -2.05. The molecule has 0 aliphatic heterocycles. The summed E-state index contributed by atoms with van der Waals surface area (Å²) in [7, 11) is -4.17. The number of phosphoric acid groups is 1. The molecule has 6 nitrogen and oxygen atoms in total. The van der Waals surface area contributed by atoms with Gasteiger partial charge in [0.1, 0.15) is 0 Å². The standard InChI is InChI=1S/C14H26O2.C2H7O4P/c1-4-5-6-7-8-9-10-11-12-16-14(15)13(2)3;1-2-6-7(3,4)5/h2,4-12H2,1,3H3;2H2,1H3,(H2,3,4,5).